The minimum atomic E-state index is 0.350. The first kappa shape index (κ1) is 17.4. The average molecular weight is 336 g/mol. The third kappa shape index (κ3) is 4.06. The molecule has 0 spiro atoms. The first-order valence-electron chi connectivity index (χ1n) is 7.26. The van der Waals surface area contributed by atoms with Gasteiger partial charge in [0.25, 0.3) is 0 Å². The van der Waals surface area contributed by atoms with Gasteiger partial charge in [0.2, 0.25) is 0 Å². The molecular formula is C20H16O3S. The normalized spacial score (nSPS) is 9.50. The van der Waals surface area contributed by atoms with Crippen LogP contribution in [-0.4, -0.2) is 14.4 Å². The molecule has 4 heteroatoms. The first-order valence-corrected chi connectivity index (χ1v) is 7.59. The highest BCUT2D eigenvalue weighted by atomic mass is 32.1. The summed E-state index contributed by atoms with van der Waals surface area (Å²) in [6, 6.07) is 26.6. The van der Waals surface area contributed by atoms with Gasteiger partial charge in [-0.05, 0) is 22.9 Å². The maximum absolute atomic E-state index is 9.37. The van der Waals surface area contributed by atoms with Crippen LogP contribution in [0.1, 0.15) is 0 Å². The summed E-state index contributed by atoms with van der Waals surface area (Å²) in [7, 11) is 0. The van der Waals surface area contributed by atoms with Crippen molar-refractivity contribution in [3.63, 3.8) is 0 Å². The Balaban J connectivity index is 0.000000158. The fourth-order valence-corrected chi connectivity index (χ4v) is 2.42. The van der Waals surface area contributed by atoms with Crippen LogP contribution in [-0.2, 0) is 12.5 Å². The topological polar surface area (TPSA) is 57.5 Å². The molecule has 2 N–H and O–H groups in total. The Morgan fingerprint density at radius 1 is 0.500 bits per heavy atom. The van der Waals surface area contributed by atoms with Gasteiger partial charge in [0.15, 0.2) is 12.5 Å². The Kier molecular flexibility index (Phi) is 6.23. The van der Waals surface area contributed by atoms with Gasteiger partial charge in [-0.3, -0.25) is 0 Å². The molecule has 0 bridgehead atoms. The first-order chi connectivity index (χ1) is 11.8. The Morgan fingerprint density at radius 2 is 0.833 bits per heavy atom. The number of phenolic OH excluding ortho intramolecular Hbond substituents is 2. The highest BCUT2D eigenvalue weighted by Crippen LogP contribution is 2.23. The van der Waals surface area contributed by atoms with Crippen molar-refractivity contribution in [3.05, 3.63) is 84.9 Å². The zero-order chi connectivity index (χ0) is 17.4. The summed E-state index contributed by atoms with van der Waals surface area (Å²) in [5, 5.41) is 22.7. The third-order valence-corrected chi connectivity index (χ3v) is 3.53. The van der Waals surface area contributed by atoms with Crippen LogP contribution in [0.3, 0.4) is 0 Å². The van der Waals surface area contributed by atoms with Crippen LogP contribution in [0.2, 0.25) is 0 Å². The van der Waals surface area contributed by atoms with E-state index in [4.69, 9.17) is 4.21 Å². The van der Waals surface area contributed by atoms with Crippen LogP contribution in [0.4, 0.5) is 0 Å². The van der Waals surface area contributed by atoms with E-state index in [9.17, 15) is 10.2 Å². The molecular weight excluding hydrogens is 320 g/mol. The van der Waals surface area contributed by atoms with Crippen LogP contribution in [0.15, 0.2) is 84.9 Å². The van der Waals surface area contributed by atoms with E-state index in [1.807, 2.05) is 72.8 Å². The van der Waals surface area contributed by atoms with E-state index in [0.717, 1.165) is 21.5 Å². The molecule has 0 aliphatic rings. The smallest absolute Gasteiger partial charge is 0.197 e. The highest BCUT2D eigenvalue weighted by Gasteiger charge is 1.95. The molecule has 0 amide bonds. The summed E-state index contributed by atoms with van der Waals surface area (Å²) in [6.45, 7) is 0. The molecule has 0 radical (unpaired) electrons. The van der Waals surface area contributed by atoms with E-state index in [-0.39, 0.29) is 0 Å². The predicted octanol–water partition coefficient (Wildman–Crippen LogP) is 4.75. The molecule has 0 heterocycles. The molecule has 3 nitrogen and oxygen atoms in total. The molecule has 0 aliphatic carbocycles. The SMILES string of the molecule is O=S.Oc1cccc2ccccc12.Oc1cccc2ccccc12. The van der Waals surface area contributed by atoms with Crippen molar-refractivity contribution in [1.29, 1.82) is 0 Å². The van der Waals surface area contributed by atoms with Crippen molar-refractivity contribution >= 4 is 34.1 Å². The highest BCUT2D eigenvalue weighted by molar-refractivity contribution is 7.44. The maximum atomic E-state index is 9.37. The number of benzene rings is 4. The molecule has 4 aromatic rings. The fraction of sp³-hybridized carbons (Fsp3) is 0. The van der Waals surface area contributed by atoms with Gasteiger partial charge in [-0.1, -0.05) is 72.8 Å². The number of hydrogen-bond donors (Lipinski definition) is 2. The standard InChI is InChI=1S/2C10H8O.OS/c2*11-10-7-3-5-8-4-1-2-6-9(8)10;1-2/h2*1-7,11H;. The second-order valence-corrected chi connectivity index (χ2v) is 5.00. The zero-order valence-electron chi connectivity index (χ0n) is 12.8. The van der Waals surface area contributed by atoms with Crippen LogP contribution in [0.25, 0.3) is 21.5 Å². The molecule has 120 valence electrons. The molecule has 0 saturated heterocycles. The lowest BCUT2D eigenvalue weighted by Gasteiger charge is -1.97. The van der Waals surface area contributed by atoms with Crippen LogP contribution in [0.5, 0.6) is 11.5 Å². The van der Waals surface area contributed by atoms with Gasteiger partial charge in [0.05, 0.1) is 0 Å². The lowest BCUT2D eigenvalue weighted by atomic mass is 10.1. The molecule has 0 aliphatic heterocycles. The van der Waals surface area contributed by atoms with E-state index in [1.165, 1.54) is 0 Å². The second-order valence-electron chi connectivity index (χ2n) is 5.00. The molecule has 0 unspecified atom stereocenters. The van der Waals surface area contributed by atoms with Gasteiger partial charge >= 0.3 is 0 Å². The lowest BCUT2D eigenvalue weighted by Crippen LogP contribution is -1.70. The summed E-state index contributed by atoms with van der Waals surface area (Å²) < 4.78 is 7.83. The van der Waals surface area contributed by atoms with Crippen molar-refractivity contribution in [2.45, 2.75) is 0 Å². The molecule has 0 aromatic heterocycles. The van der Waals surface area contributed by atoms with Gasteiger partial charge in [0.1, 0.15) is 11.5 Å². The Hall–Kier alpha value is -2.98. The van der Waals surface area contributed by atoms with Gasteiger partial charge < -0.3 is 10.2 Å². The maximum Gasteiger partial charge on any atom is 0.197 e. The molecule has 0 atom stereocenters. The number of fused-ring (bicyclic) bond motifs is 2. The zero-order valence-corrected chi connectivity index (χ0v) is 13.6. The number of rotatable bonds is 0. The predicted molar refractivity (Wildman–Crippen MR) is 99.4 cm³/mol. The Morgan fingerprint density at radius 3 is 1.21 bits per heavy atom. The number of phenols is 2. The van der Waals surface area contributed by atoms with Gasteiger partial charge in [-0.2, -0.15) is 4.21 Å². The van der Waals surface area contributed by atoms with Crippen LogP contribution >= 0.6 is 0 Å². The fourth-order valence-electron chi connectivity index (χ4n) is 2.42. The summed E-state index contributed by atoms with van der Waals surface area (Å²) in [6.07, 6.45) is 0. The van der Waals surface area contributed by atoms with E-state index in [0.29, 0.717) is 11.5 Å². The Bertz CT molecular complexity index is 850. The molecule has 0 saturated carbocycles. The second kappa shape index (κ2) is 8.60. The van der Waals surface area contributed by atoms with Gasteiger partial charge in [-0.15, -0.1) is 0 Å². The largest absolute Gasteiger partial charge is 0.507 e. The summed E-state index contributed by atoms with van der Waals surface area (Å²) >= 11 is 2.83. The molecule has 24 heavy (non-hydrogen) atoms. The van der Waals surface area contributed by atoms with E-state index >= 15 is 0 Å². The Labute approximate surface area is 145 Å². The van der Waals surface area contributed by atoms with E-state index in [2.05, 4.69) is 12.5 Å². The van der Waals surface area contributed by atoms with Crippen molar-refractivity contribution < 1.29 is 14.4 Å². The van der Waals surface area contributed by atoms with Crippen molar-refractivity contribution in [2.75, 3.05) is 0 Å². The lowest BCUT2D eigenvalue weighted by molar-refractivity contribution is 0.481. The summed E-state index contributed by atoms with van der Waals surface area (Å²) in [5.74, 6) is 0.700. The summed E-state index contributed by atoms with van der Waals surface area (Å²) in [5.41, 5.74) is 0. The molecule has 4 rings (SSSR count). The minimum absolute atomic E-state index is 0.350. The van der Waals surface area contributed by atoms with Gasteiger partial charge in [0, 0.05) is 10.8 Å². The number of aromatic hydroxyl groups is 2. The van der Waals surface area contributed by atoms with Crippen LogP contribution < -0.4 is 0 Å². The molecule has 4 aromatic carbocycles. The van der Waals surface area contributed by atoms with E-state index < -0.39 is 0 Å². The van der Waals surface area contributed by atoms with Gasteiger partial charge in [-0.25, -0.2) is 0 Å². The molecule has 0 fully saturated rings. The van der Waals surface area contributed by atoms with Crippen molar-refractivity contribution in [2.24, 2.45) is 0 Å². The van der Waals surface area contributed by atoms with E-state index in [1.54, 1.807) is 12.1 Å². The average Bonchev–Trinajstić information content (AvgIpc) is 2.65. The minimum Gasteiger partial charge on any atom is -0.507 e. The van der Waals surface area contributed by atoms with Crippen LogP contribution in [0, 0.1) is 0 Å². The van der Waals surface area contributed by atoms with Crippen molar-refractivity contribution in [1.82, 2.24) is 0 Å². The number of hydrogen-bond acceptors (Lipinski definition) is 4. The third-order valence-electron chi connectivity index (χ3n) is 3.53. The summed E-state index contributed by atoms with van der Waals surface area (Å²) in [4.78, 5) is 0. The monoisotopic (exact) mass is 336 g/mol. The quantitative estimate of drug-likeness (QED) is 0.486. The van der Waals surface area contributed by atoms with Crippen molar-refractivity contribution in [3.8, 4) is 11.5 Å².